The van der Waals surface area contributed by atoms with Gasteiger partial charge in [-0.05, 0) is 44.9 Å². The van der Waals surface area contributed by atoms with Crippen molar-refractivity contribution in [3.63, 3.8) is 0 Å². The van der Waals surface area contributed by atoms with Crippen molar-refractivity contribution in [3.05, 3.63) is 12.7 Å². The average molecular weight is 442 g/mol. The molecule has 178 valence electrons. The van der Waals surface area contributed by atoms with Gasteiger partial charge in [0.05, 0.1) is 25.7 Å². The molecule has 3 heteroatoms. The predicted molar refractivity (Wildman–Crippen MR) is 138 cm³/mol. The molecule has 0 aliphatic carbocycles. The summed E-state index contributed by atoms with van der Waals surface area (Å²) in [5.41, 5.74) is 0. The standard InChI is InChI=1S/C27H54O2P/c1-6-11-15-19-23-30(24-20-16-12-7-2,25-21-17-13-8-3)27(22-18-14-9-4)29-26(28)10-5/h10,27H,5-9,11-25H2,1-4H3/q+1. The Hall–Kier alpha value is -0.360. The molecule has 0 aliphatic rings. The molecule has 2 nitrogen and oxygen atoms in total. The molecule has 0 spiro atoms. The van der Waals surface area contributed by atoms with Gasteiger partial charge in [0.1, 0.15) is 0 Å². The van der Waals surface area contributed by atoms with Crippen molar-refractivity contribution in [2.75, 3.05) is 18.5 Å². The van der Waals surface area contributed by atoms with Gasteiger partial charge in [-0.15, -0.1) is 0 Å². The molecule has 0 aromatic heterocycles. The van der Waals surface area contributed by atoms with Crippen molar-refractivity contribution < 1.29 is 9.53 Å². The van der Waals surface area contributed by atoms with Gasteiger partial charge in [-0.25, -0.2) is 4.79 Å². The molecule has 0 N–H and O–H groups in total. The molecule has 0 amide bonds. The van der Waals surface area contributed by atoms with Crippen molar-refractivity contribution in [3.8, 4) is 0 Å². The third kappa shape index (κ3) is 13.8. The molecule has 0 heterocycles. The van der Waals surface area contributed by atoms with Crippen LogP contribution in [0.1, 0.15) is 130 Å². The first-order valence-electron chi connectivity index (χ1n) is 13.3. The summed E-state index contributed by atoms with van der Waals surface area (Å²) in [6, 6.07) is 0. The van der Waals surface area contributed by atoms with Crippen molar-refractivity contribution in [2.24, 2.45) is 0 Å². The van der Waals surface area contributed by atoms with Crippen LogP contribution in [0.2, 0.25) is 0 Å². The summed E-state index contributed by atoms with van der Waals surface area (Å²) >= 11 is 0. The molecule has 30 heavy (non-hydrogen) atoms. The van der Waals surface area contributed by atoms with Gasteiger partial charge in [0, 0.05) is 12.5 Å². The summed E-state index contributed by atoms with van der Waals surface area (Å²) in [6.07, 6.45) is 25.9. The van der Waals surface area contributed by atoms with Gasteiger partial charge in [0.15, 0.2) is 0 Å². The van der Waals surface area contributed by atoms with E-state index in [-0.39, 0.29) is 11.8 Å². The third-order valence-electron chi connectivity index (χ3n) is 6.46. The lowest BCUT2D eigenvalue weighted by Crippen LogP contribution is -2.27. The van der Waals surface area contributed by atoms with Gasteiger partial charge in [-0.3, -0.25) is 0 Å². The topological polar surface area (TPSA) is 26.3 Å². The van der Waals surface area contributed by atoms with Crippen LogP contribution in [-0.2, 0) is 9.53 Å². The summed E-state index contributed by atoms with van der Waals surface area (Å²) in [6.45, 7) is 12.8. The second-order valence-corrected chi connectivity index (χ2v) is 13.5. The zero-order valence-corrected chi connectivity index (χ0v) is 22.0. The van der Waals surface area contributed by atoms with Gasteiger partial charge in [-0.1, -0.05) is 85.6 Å². The Morgan fingerprint density at radius 1 is 0.700 bits per heavy atom. The van der Waals surface area contributed by atoms with Crippen LogP contribution in [0.4, 0.5) is 0 Å². The van der Waals surface area contributed by atoms with Gasteiger partial charge in [0.25, 0.3) is 0 Å². The minimum absolute atomic E-state index is 0.166. The smallest absolute Gasteiger partial charge is 0.333 e. The number of hydrogen-bond acceptors (Lipinski definition) is 2. The van der Waals surface area contributed by atoms with E-state index < -0.39 is 7.26 Å². The van der Waals surface area contributed by atoms with E-state index in [2.05, 4.69) is 34.3 Å². The lowest BCUT2D eigenvalue weighted by atomic mass is 10.2. The van der Waals surface area contributed by atoms with E-state index in [9.17, 15) is 4.79 Å². The molecule has 0 aromatic rings. The summed E-state index contributed by atoms with van der Waals surface area (Å²) in [5.74, 6) is -0.0315. The van der Waals surface area contributed by atoms with E-state index in [1.54, 1.807) is 0 Å². The fraction of sp³-hybridized carbons (Fsp3) is 0.889. The zero-order chi connectivity index (χ0) is 22.5. The Bertz CT molecular complexity index is 376. The Morgan fingerprint density at radius 3 is 1.47 bits per heavy atom. The number of esters is 1. The first kappa shape index (κ1) is 29.6. The highest BCUT2D eigenvalue weighted by Crippen LogP contribution is 2.66. The van der Waals surface area contributed by atoms with Crippen LogP contribution in [0.25, 0.3) is 0 Å². The number of rotatable bonds is 22. The van der Waals surface area contributed by atoms with Crippen molar-refractivity contribution in [1.82, 2.24) is 0 Å². The van der Waals surface area contributed by atoms with Crippen LogP contribution >= 0.6 is 7.26 Å². The van der Waals surface area contributed by atoms with Crippen LogP contribution < -0.4 is 0 Å². The van der Waals surface area contributed by atoms with Crippen LogP contribution in [0.15, 0.2) is 12.7 Å². The summed E-state index contributed by atoms with van der Waals surface area (Å²) in [4.78, 5) is 12.3. The first-order valence-corrected chi connectivity index (χ1v) is 15.7. The molecule has 0 bridgehead atoms. The van der Waals surface area contributed by atoms with Crippen molar-refractivity contribution in [2.45, 2.75) is 136 Å². The summed E-state index contributed by atoms with van der Waals surface area (Å²) in [5, 5.41) is 0. The Morgan fingerprint density at radius 2 is 1.10 bits per heavy atom. The lowest BCUT2D eigenvalue weighted by Gasteiger charge is -2.35. The van der Waals surface area contributed by atoms with E-state index in [4.69, 9.17) is 4.74 Å². The largest absolute Gasteiger partial charge is 0.424 e. The quantitative estimate of drug-likeness (QED) is 0.0723. The molecule has 1 unspecified atom stereocenters. The van der Waals surface area contributed by atoms with Gasteiger partial charge in [-0.2, -0.15) is 0 Å². The maximum Gasteiger partial charge on any atom is 0.333 e. The second kappa shape index (κ2) is 20.5. The SMILES string of the molecule is C=CC(=O)OC(CCCCC)[P+](CCCCCC)(CCCCCC)CCCCCC. The maximum atomic E-state index is 12.3. The number of unbranched alkanes of at least 4 members (excludes halogenated alkanes) is 11. The van der Waals surface area contributed by atoms with Gasteiger partial charge < -0.3 is 4.74 Å². The third-order valence-corrected chi connectivity index (χ3v) is 11.7. The lowest BCUT2D eigenvalue weighted by molar-refractivity contribution is -0.139. The summed E-state index contributed by atoms with van der Waals surface area (Å²) < 4.78 is 6.18. The molecule has 0 aliphatic heterocycles. The number of carbonyl (C=O) groups excluding carboxylic acids is 1. The molecule has 0 saturated carbocycles. The fourth-order valence-corrected chi connectivity index (χ4v) is 9.68. The molecule has 0 radical (unpaired) electrons. The minimum atomic E-state index is -1.32. The van der Waals surface area contributed by atoms with E-state index in [1.165, 1.54) is 121 Å². The van der Waals surface area contributed by atoms with Crippen LogP contribution in [0.3, 0.4) is 0 Å². The maximum absolute atomic E-state index is 12.3. The Kier molecular flexibility index (Phi) is 20.3. The van der Waals surface area contributed by atoms with E-state index in [1.807, 2.05) is 0 Å². The molecular weight excluding hydrogens is 387 g/mol. The Labute approximate surface area is 190 Å². The van der Waals surface area contributed by atoms with E-state index in [0.29, 0.717) is 0 Å². The zero-order valence-electron chi connectivity index (χ0n) is 21.1. The number of carbonyl (C=O) groups is 1. The molecule has 0 saturated heterocycles. The molecular formula is C27H54O2P+. The van der Waals surface area contributed by atoms with Gasteiger partial charge in [0.2, 0.25) is 5.85 Å². The second-order valence-electron chi connectivity index (χ2n) is 9.16. The molecule has 0 fully saturated rings. The normalized spacial score (nSPS) is 12.7. The van der Waals surface area contributed by atoms with Crippen molar-refractivity contribution in [1.29, 1.82) is 0 Å². The molecule has 1 atom stereocenters. The van der Waals surface area contributed by atoms with Crippen LogP contribution in [0, 0.1) is 0 Å². The highest BCUT2D eigenvalue weighted by Gasteiger charge is 2.46. The van der Waals surface area contributed by atoms with Crippen LogP contribution in [-0.4, -0.2) is 30.3 Å². The fourth-order valence-electron chi connectivity index (χ4n) is 4.52. The Balaban J connectivity index is 5.55. The molecule has 0 aromatic carbocycles. The highest BCUT2D eigenvalue weighted by atomic mass is 31.2. The average Bonchev–Trinajstić information content (AvgIpc) is 2.76. The van der Waals surface area contributed by atoms with Crippen molar-refractivity contribution >= 4 is 13.2 Å². The highest BCUT2D eigenvalue weighted by molar-refractivity contribution is 7.76. The monoisotopic (exact) mass is 441 g/mol. The number of hydrogen-bond donors (Lipinski definition) is 0. The van der Waals surface area contributed by atoms with Gasteiger partial charge >= 0.3 is 5.97 Å². The predicted octanol–water partition coefficient (Wildman–Crippen LogP) is 9.38. The number of ether oxygens (including phenoxy) is 1. The van der Waals surface area contributed by atoms with Crippen LogP contribution in [0.5, 0.6) is 0 Å². The summed E-state index contributed by atoms with van der Waals surface area (Å²) in [7, 11) is -1.32. The van der Waals surface area contributed by atoms with E-state index >= 15 is 0 Å². The van der Waals surface area contributed by atoms with E-state index in [0.717, 1.165) is 6.42 Å². The molecule has 0 rings (SSSR count). The minimum Gasteiger partial charge on any atom is -0.424 e. The first-order chi connectivity index (χ1) is 14.6.